The number of fused-ring (bicyclic) bond motifs is 1. The monoisotopic (exact) mass is 363 g/mol. The van der Waals surface area contributed by atoms with Gasteiger partial charge in [-0.2, -0.15) is 8.97 Å². The third-order valence-electron chi connectivity index (χ3n) is 5.08. The smallest absolute Gasteiger partial charge is 0.365 e. The maximum Gasteiger partial charge on any atom is 0.384 e. The van der Waals surface area contributed by atoms with E-state index in [1.165, 1.54) is 10.7 Å². The first-order valence-corrected chi connectivity index (χ1v) is 8.68. The Bertz CT molecular complexity index is 839. The predicted molar refractivity (Wildman–Crippen MR) is 93.3 cm³/mol. The molecule has 1 unspecified atom stereocenters. The molecule has 0 aromatic carbocycles. The van der Waals surface area contributed by atoms with Gasteiger partial charge in [-0.3, -0.25) is 4.79 Å². The molecule has 2 aliphatic heterocycles. The largest absolute Gasteiger partial charge is 0.384 e. The van der Waals surface area contributed by atoms with Crippen LogP contribution in [0, 0.1) is 5.82 Å². The highest BCUT2D eigenvalue weighted by molar-refractivity contribution is 5.99. The van der Waals surface area contributed by atoms with Crippen LogP contribution in [0.1, 0.15) is 36.0 Å². The van der Waals surface area contributed by atoms with Crippen LogP contribution < -0.4 is 22.1 Å². The molecule has 1 aliphatic carbocycles. The summed E-state index contributed by atoms with van der Waals surface area (Å²) in [6.07, 6.45) is 6.72. The van der Waals surface area contributed by atoms with Crippen LogP contribution in [-0.4, -0.2) is 46.1 Å². The molecule has 3 atom stereocenters. The lowest BCUT2D eigenvalue weighted by atomic mass is 9.91. The highest BCUT2D eigenvalue weighted by Gasteiger charge is 2.63. The number of anilines is 2. The van der Waals surface area contributed by atoms with Crippen molar-refractivity contribution in [3.05, 3.63) is 29.2 Å². The molecule has 4 rings (SSSR count). The maximum absolute atomic E-state index is 14.4. The summed E-state index contributed by atoms with van der Waals surface area (Å²) in [7, 11) is 0. The van der Waals surface area contributed by atoms with Gasteiger partial charge in [0.2, 0.25) is 6.54 Å². The van der Waals surface area contributed by atoms with Gasteiger partial charge in [0.1, 0.15) is 11.5 Å². The van der Waals surface area contributed by atoms with Gasteiger partial charge in [-0.05, 0) is 18.9 Å². The molecule has 9 heteroatoms. The minimum Gasteiger partial charge on any atom is -0.365 e. The number of alkyl halides is 1. The summed E-state index contributed by atoms with van der Waals surface area (Å²) in [6.45, 7) is 0.310. The molecular formula is C17H21F2N6O+. The van der Waals surface area contributed by atoms with Crippen LogP contribution in [0.25, 0.3) is 0 Å². The molecule has 0 bridgehead atoms. The number of nitrogens with one attached hydrogen (secondary N) is 2. The summed E-state index contributed by atoms with van der Waals surface area (Å²) in [5.74, 6) is -2.89. The van der Waals surface area contributed by atoms with Crippen molar-refractivity contribution >= 4 is 23.8 Å². The number of hydrogen-bond acceptors (Lipinski definition) is 5. The van der Waals surface area contributed by atoms with E-state index in [1.54, 1.807) is 6.21 Å². The number of primary amides is 1. The number of nitrogens with two attached hydrogens (primary N) is 2. The van der Waals surface area contributed by atoms with Crippen LogP contribution in [0.15, 0.2) is 17.8 Å². The molecule has 7 nitrogen and oxygen atoms in total. The van der Waals surface area contributed by atoms with Crippen molar-refractivity contribution in [3.63, 3.8) is 0 Å². The number of carbonyl (C=O) groups excluding carboxylic acids is 1. The highest BCUT2D eigenvalue weighted by atomic mass is 19.2. The van der Waals surface area contributed by atoms with Gasteiger partial charge in [0.15, 0.2) is 17.8 Å². The molecule has 3 aliphatic rings. The fraction of sp³-hybridized carbons (Fsp3) is 0.471. The number of hydrogen-bond donors (Lipinski definition) is 4. The second kappa shape index (κ2) is 6.01. The van der Waals surface area contributed by atoms with E-state index in [9.17, 15) is 13.6 Å². The molecule has 2 fully saturated rings. The van der Waals surface area contributed by atoms with Gasteiger partial charge >= 0.3 is 5.79 Å². The predicted octanol–water partition coefficient (Wildman–Crippen LogP) is 1.07. The van der Waals surface area contributed by atoms with Crippen LogP contribution in [0.2, 0.25) is 0 Å². The number of halogens is 2. The summed E-state index contributed by atoms with van der Waals surface area (Å²) < 4.78 is 29.9. The molecule has 138 valence electrons. The summed E-state index contributed by atoms with van der Waals surface area (Å²) in [5.41, 5.74) is 11.8. The van der Waals surface area contributed by atoms with E-state index in [-0.39, 0.29) is 29.3 Å². The normalized spacial score (nSPS) is 29.5. The van der Waals surface area contributed by atoms with E-state index in [4.69, 9.17) is 11.5 Å². The highest BCUT2D eigenvalue weighted by Crippen LogP contribution is 2.35. The molecule has 0 radical (unpaired) electrons. The first kappa shape index (κ1) is 16.9. The van der Waals surface area contributed by atoms with Crippen LogP contribution in [0.4, 0.5) is 20.4 Å². The lowest BCUT2D eigenvalue weighted by Gasteiger charge is -2.30. The molecule has 1 amide bonds. The minimum absolute atomic E-state index is 0.00104. The topological polar surface area (TPSA) is 109 Å². The summed E-state index contributed by atoms with van der Waals surface area (Å²) in [6, 6.07) is 0.855. The van der Waals surface area contributed by atoms with E-state index >= 15 is 0 Å². The van der Waals surface area contributed by atoms with E-state index in [0.717, 1.165) is 31.7 Å². The van der Waals surface area contributed by atoms with Crippen LogP contribution >= 0.6 is 0 Å². The molecule has 1 aromatic rings. The lowest BCUT2D eigenvalue weighted by molar-refractivity contribution is -0.397. The zero-order valence-electron chi connectivity index (χ0n) is 14.1. The Balaban J connectivity index is 1.61. The quantitative estimate of drug-likeness (QED) is 0.356. The number of rotatable bonds is 5. The number of aromatic nitrogens is 1. The second-order valence-electron chi connectivity index (χ2n) is 7.08. The van der Waals surface area contributed by atoms with E-state index < -0.39 is 17.5 Å². The van der Waals surface area contributed by atoms with Crippen molar-refractivity contribution in [1.82, 2.24) is 4.98 Å². The Kier molecular flexibility index (Phi) is 3.91. The Hall–Kier alpha value is -2.55. The van der Waals surface area contributed by atoms with Gasteiger partial charge in [0.25, 0.3) is 5.91 Å². The average molecular weight is 363 g/mol. The van der Waals surface area contributed by atoms with Gasteiger partial charge < -0.3 is 22.1 Å². The van der Waals surface area contributed by atoms with Gasteiger partial charge in [0.05, 0.1) is 11.6 Å². The standard InChI is InChI=1S/C17H20F2N6O/c18-11-5-10(14(21)26)15(22-9-6-17(19)8-25(17)7-9)24-16(11)23-13-4-2-1-3-12(13)20/h5-7,12-13H,1-4,8,20H2,(H3-,21,22,23,24,26)/p+1/t12-,13+,17?/m0/s1. The van der Waals surface area contributed by atoms with Crippen molar-refractivity contribution in [2.45, 2.75) is 43.6 Å². The Labute approximate surface area is 149 Å². The fourth-order valence-electron chi connectivity index (χ4n) is 3.52. The number of pyridine rings is 1. The molecular weight excluding hydrogens is 342 g/mol. The minimum atomic E-state index is -1.47. The number of allylic oxidation sites excluding steroid dienone is 1. The summed E-state index contributed by atoms with van der Waals surface area (Å²) >= 11 is 0. The SMILES string of the molecule is NC(=O)c1cc(F)c(N[C@@H]2CCCC[C@@H]2N)nc1NC1=CC2(F)C[N+]2=C1. The van der Waals surface area contributed by atoms with Gasteiger partial charge in [-0.1, -0.05) is 12.8 Å². The average Bonchev–Trinajstić information content (AvgIpc) is 3.09. The van der Waals surface area contributed by atoms with E-state index in [2.05, 4.69) is 15.6 Å². The molecule has 0 spiro atoms. The number of amides is 1. The molecule has 6 N–H and O–H groups in total. The van der Waals surface area contributed by atoms with Crippen LogP contribution in [-0.2, 0) is 0 Å². The van der Waals surface area contributed by atoms with Crippen molar-refractivity contribution in [2.75, 3.05) is 17.2 Å². The Morgan fingerprint density at radius 1 is 1.35 bits per heavy atom. The summed E-state index contributed by atoms with van der Waals surface area (Å²) in [4.78, 5) is 15.9. The van der Waals surface area contributed by atoms with Gasteiger partial charge in [-0.25, -0.2) is 9.37 Å². The molecule has 1 aromatic heterocycles. The third-order valence-corrected chi connectivity index (χ3v) is 5.08. The van der Waals surface area contributed by atoms with E-state index in [0.29, 0.717) is 12.2 Å². The number of carbonyl (C=O) groups is 1. The first-order valence-electron chi connectivity index (χ1n) is 8.68. The second-order valence-corrected chi connectivity index (χ2v) is 7.08. The molecule has 26 heavy (non-hydrogen) atoms. The van der Waals surface area contributed by atoms with Crippen molar-refractivity contribution in [3.8, 4) is 0 Å². The maximum atomic E-state index is 14.4. The summed E-state index contributed by atoms with van der Waals surface area (Å²) in [5, 5.41) is 5.90. The van der Waals surface area contributed by atoms with Crippen LogP contribution in [0.3, 0.4) is 0 Å². The van der Waals surface area contributed by atoms with Crippen molar-refractivity contribution in [2.24, 2.45) is 11.5 Å². The van der Waals surface area contributed by atoms with Gasteiger partial charge in [-0.15, -0.1) is 0 Å². The molecule has 1 saturated heterocycles. The lowest BCUT2D eigenvalue weighted by Crippen LogP contribution is -2.43. The fourth-order valence-corrected chi connectivity index (χ4v) is 3.52. The zero-order chi connectivity index (χ0) is 18.5. The molecule has 1 saturated carbocycles. The van der Waals surface area contributed by atoms with Crippen molar-refractivity contribution < 1.29 is 18.2 Å². The van der Waals surface area contributed by atoms with E-state index in [1.807, 2.05) is 0 Å². The Morgan fingerprint density at radius 3 is 2.77 bits per heavy atom. The third kappa shape index (κ3) is 3.03. The number of nitrogens with zero attached hydrogens (tertiary/aromatic N) is 2. The van der Waals surface area contributed by atoms with Crippen molar-refractivity contribution in [1.29, 1.82) is 0 Å². The van der Waals surface area contributed by atoms with Gasteiger partial charge in [0, 0.05) is 12.1 Å². The zero-order valence-corrected chi connectivity index (χ0v) is 14.1. The first-order chi connectivity index (χ1) is 12.4. The van der Waals surface area contributed by atoms with Crippen LogP contribution in [0.5, 0.6) is 0 Å². The Morgan fingerprint density at radius 2 is 2.12 bits per heavy atom. The molecule has 3 heterocycles.